The monoisotopic (exact) mass is 456 g/mol. The number of hydrogen-bond acceptors (Lipinski definition) is 8. The third-order valence-electron chi connectivity index (χ3n) is 4.47. The van der Waals surface area contributed by atoms with Crippen molar-refractivity contribution in [2.75, 3.05) is 31.7 Å². The maximum atomic E-state index is 11.9. The van der Waals surface area contributed by atoms with Crippen molar-refractivity contribution in [3.8, 4) is 17.2 Å². The zero-order valence-electron chi connectivity index (χ0n) is 18.1. The van der Waals surface area contributed by atoms with Crippen molar-refractivity contribution >= 4 is 29.4 Å². The minimum Gasteiger partial charge on any atom is -0.494 e. The Morgan fingerprint density at radius 3 is 2.42 bits per heavy atom. The molecule has 0 aliphatic carbocycles. The Kier molecular flexibility index (Phi) is 8.23. The van der Waals surface area contributed by atoms with Crippen LogP contribution in [0.5, 0.6) is 17.2 Å². The number of nitrogens with one attached hydrogen (secondary N) is 2. The highest BCUT2D eigenvalue weighted by molar-refractivity contribution is 6.02. The van der Waals surface area contributed by atoms with Crippen molar-refractivity contribution in [1.29, 1.82) is 0 Å². The number of amides is 3. The summed E-state index contributed by atoms with van der Waals surface area (Å²) in [5.74, 6) is 0.266. The molecule has 1 aliphatic heterocycles. The number of ketones is 1. The number of esters is 1. The second-order valence-electron chi connectivity index (χ2n) is 7.05. The quantitative estimate of drug-likeness (QED) is 0.335. The Morgan fingerprint density at radius 2 is 1.70 bits per heavy atom. The molecule has 0 spiro atoms. The van der Waals surface area contributed by atoms with Gasteiger partial charge in [-0.2, -0.15) is 0 Å². The van der Waals surface area contributed by atoms with E-state index in [9.17, 15) is 19.2 Å². The molecule has 0 fully saturated rings. The summed E-state index contributed by atoms with van der Waals surface area (Å²) in [5.41, 5.74) is 1.00. The number of carbonyl (C=O) groups excluding carboxylic acids is 4. The average Bonchev–Trinajstić information content (AvgIpc) is 2.80. The number of carbonyl (C=O) groups is 4. The lowest BCUT2D eigenvalue weighted by Gasteiger charge is -2.19. The number of rotatable bonds is 9. The fourth-order valence-electron chi connectivity index (χ4n) is 2.86. The van der Waals surface area contributed by atoms with E-state index >= 15 is 0 Å². The molecular weight excluding hydrogens is 432 g/mol. The van der Waals surface area contributed by atoms with Crippen molar-refractivity contribution < 1.29 is 38.1 Å². The minimum absolute atomic E-state index is 0.0332. The van der Waals surface area contributed by atoms with Crippen LogP contribution < -0.4 is 24.8 Å². The molecule has 0 saturated heterocycles. The summed E-state index contributed by atoms with van der Waals surface area (Å²) in [4.78, 5) is 46.8. The Labute approximate surface area is 190 Å². The SMILES string of the molecule is CC(=O)c1ccc(OCCCC(=O)OCC(=O)NC(=O)Nc2ccc3c(c2)OCCO3)cc1. The number of ether oxygens (including phenoxy) is 4. The Morgan fingerprint density at radius 1 is 0.970 bits per heavy atom. The fraction of sp³-hybridized carbons (Fsp3) is 0.304. The number of anilines is 1. The fourth-order valence-corrected chi connectivity index (χ4v) is 2.86. The molecule has 174 valence electrons. The Balaban J connectivity index is 1.30. The van der Waals surface area contributed by atoms with Crippen LogP contribution in [0.15, 0.2) is 42.5 Å². The van der Waals surface area contributed by atoms with Crippen LogP contribution in [-0.2, 0) is 14.3 Å². The highest BCUT2D eigenvalue weighted by atomic mass is 16.6. The van der Waals surface area contributed by atoms with E-state index in [-0.39, 0.29) is 18.8 Å². The third-order valence-corrected chi connectivity index (χ3v) is 4.47. The van der Waals surface area contributed by atoms with Crippen LogP contribution in [0, 0.1) is 0 Å². The van der Waals surface area contributed by atoms with Gasteiger partial charge >= 0.3 is 12.0 Å². The highest BCUT2D eigenvalue weighted by Crippen LogP contribution is 2.32. The van der Waals surface area contributed by atoms with Crippen LogP contribution in [0.3, 0.4) is 0 Å². The maximum Gasteiger partial charge on any atom is 0.325 e. The van der Waals surface area contributed by atoms with Gasteiger partial charge in [0.2, 0.25) is 0 Å². The summed E-state index contributed by atoms with van der Waals surface area (Å²) in [6, 6.07) is 10.7. The molecular formula is C23H24N2O8. The van der Waals surface area contributed by atoms with Gasteiger partial charge in [0.25, 0.3) is 5.91 Å². The van der Waals surface area contributed by atoms with Gasteiger partial charge < -0.3 is 24.3 Å². The molecule has 2 N–H and O–H groups in total. The van der Waals surface area contributed by atoms with Crippen LogP contribution in [0.25, 0.3) is 0 Å². The van der Waals surface area contributed by atoms with E-state index in [0.29, 0.717) is 48.1 Å². The summed E-state index contributed by atoms with van der Waals surface area (Å²) < 4.78 is 21.2. The predicted molar refractivity (Wildman–Crippen MR) is 117 cm³/mol. The normalized spacial score (nSPS) is 11.8. The number of urea groups is 1. The number of imide groups is 1. The van der Waals surface area contributed by atoms with Gasteiger partial charge in [0, 0.05) is 23.7 Å². The first-order valence-electron chi connectivity index (χ1n) is 10.3. The van der Waals surface area contributed by atoms with Gasteiger partial charge in [-0.1, -0.05) is 0 Å². The molecule has 0 aromatic heterocycles. The highest BCUT2D eigenvalue weighted by Gasteiger charge is 2.14. The first-order chi connectivity index (χ1) is 15.9. The van der Waals surface area contributed by atoms with Crippen molar-refractivity contribution in [3.63, 3.8) is 0 Å². The van der Waals surface area contributed by atoms with E-state index in [1.54, 1.807) is 42.5 Å². The molecule has 2 aromatic carbocycles. The Bertz CT molecular complexity index is 1020. The van der Waals surface area contributed by atoms with Gasteiger partial charge in [-0.15, -0.1) is 0 Å². The molecule has 0 saturated carbocycles. The van der Waals surface area contributed by atoms with Gasteiger partial charge in [0.05, 0.1) is 6.61 Å². The minimum atomic E-state index is -0.767. The summed E-state index contributed by atoms with van der Waals surface area (Å²) in [7, 11) is 0. The second kappa shape index (κ2) is 11.5. The lowest BCUT2D eigenvalue weighted by Crippen LogP contribution is -2.37. The van der Waals surface area contributed by atoms with Crippen LogP contribution >= 0.6 is 0 Å². The van der Waals surface area contributed by atoms with Gasteiger partial charge in [-0.05, 0) is 49.7 Å². The van der Waals surface area contributed by atoms with Crippen molar-refractivity contribution in [2.45, 2.75) is 19.8 Å². The second-order valence-corrected chi connectivity index (χ2v) is 7.05. The van der Waals surface area contributed by atoms with Crippen molar-refractivity contribution in [3.05, 3.63) is 48.0 Å². The van der Waals surface area contributed by atoms with Crippen molar-refractivity contribution in [2.24, 2.45) is 0 Å². The van der Waals surface area contributed by atoms with E-state index in [1.165, 1.54) is 6.92 Å². The van der Waals surface area contributed by atoms with E-state index < -0.39 is 24.5 Å². The van der Waals surface area contributed by atoms with Gasteiger partial charge in [0.1, 0.15) is 19.0 Å². The summed E-state index contributed by atoms with van der Waals surface area (Å²) in [5, 5.41) is 4.57. The lowest BCUT2D eigenvalue weighted by atomic mass is 10.1. The van der Waals surface area contributed by atoms with Crippen LogP contribution in [0.2, 0.25) is 0 Å². The van der Waals surface area contributed by atoms with Crippen molar-refractivity contribution in [1.82, 2.24) is 5.32 Å². The maximum absolute atomic E-state index is 11.9. The van der Waals surface area contributed by atoms with E-state index in [2.05, 4.69) is 10.6 Å². The lowest BCUT2D eigenvalue weighted by molar-refractivity contribution is -0.148. The summed E-state index contributed by atoms with van der Waals surface area (Å²) >= 11 is 0. The average molecular weight is 456 g/mol. The van der Waals surface area contributed by atoms with E-state index in [4.69, 9.17) is 18.9 Å². The largest absolute Gasteiger partial charge is 0.494 e. The number of hydrogen-bond donors (Lipinski definition) is 2. The van der Waals surface area contributed by atoms with E-state index in [0.717, 1.165) is 0 Å². The zero-order chi connectivity index (χ0) is 23.6. The summed E-state index contributed by atoms with van der Waals surface area (Å²) in [6.07, 6.45) is 0.418. The van der Waals surface area contributed by atoms with E-state index in [1.807, 2.05) is 0 Å². The molecule has 3 amide bonds. The number of Topliss-reactive ketones (excluding diaryl/α,β-unsaturated/α-hetero) is 1. The Hall–Kier alpha value is -4.08. The molecule has 0 bridgehead atoms. The van der Waals surface area contributed by atoms with Crippen LogP contribution in [0.4, 0.5) is 10.5 Å². The van der Waals surface area contributed by atoms with Gasteiger partial charge in [-0.25, -0.2) is 4.79 Å². The van der Waals surface area contributed by atoms with Crippen LogP contribution in [-0.4, -0.2) is 50.1 Å². The smallest absolute Gasteiger partial charge is 0.325 e. The molecule has 2 aromatic rings. The molecule has 0 radical (unpaired) electrons. The number of fused-ring (bicyclic) bond motifs is 1. The topological polar surface area (TPSA) is 129 Å². The first-order valence-corrected chi connectivity index (χ1v) is 10.3. The number of benzene rings is 2. The summed E-state index contributed by atoms with van der Waals surface area (Å²) in [6.45, 7) is 2.03. The van der Waals surface area contributed by atoms with Gasteiger partial charge in [0.15, 0.2) is 23.9 Å². The standard InChI is InChI=1S/C23H24N2O8/c1-15(26)16-4-7-18(8-5-16)30-10-2-3-22(28)33-14-21(27)25-23(29)24-17-6-9-19-20(13-17)32-12-11-31-19/h4-9,13H,2-3,10-12,14H2,1H3,(H2,24,25,27,29). The molecule has 10 heteroatoms. The molecule has 3 rings (SSSR count). The molecule has 0 unspecified atom stereocenters. The molecule has 33 heavy (non-hydrogen) atoms. The van der Waals surface area contributed by atoms with Crippen LogP contribution in [0.1, 0.15) is 30.1 Å². The molecule has 10 nitrogen and oxygen atoms in total. The molecule has 1 heterocycles. The third kappa shape index (κ3) is 7.53. The zero-order valence-corrected chi connectivity index (χ0v) is 18.1. The first kappa shape index (κ1) is 23.6. The molecule has 0 atom stereocenters. The molecule has 1 aliphatic rings. The predicted octanol–water partition coefficient (Wildman–Crippen LogP) is 2.71. The van der Waals surface area contributed by atoms with Gasteiger partial charge in [-0.3, -0.25) is 19.7 Å².